The summed E-state index contributed by atoms with van der Waals surface area (Å²) in [6.45, 7) is 3.82. The summed E-state index contributed by atoms with van der Waals surface area (Å²) < 4.78 is 0. The minimum atomic E-state index is -0.443. The fraction of sp³-hybridized carbons (Fsp3) is 0.455. The van der Waals surface area contributed by atoms with Crippen LogP contribution in [0.3, 0.4) is 0 Å². The summed E-state index contributed by atoms with van der Waals surface area (Å²) in [7, 11) is 0.830. The Hall–Kier alpha value is -0.470. The van der Waals surface area contributed by atoms with E-state index in [2.05, 4.69) is 36.2 Å². The third kappa shape index (κ3) is 4.72. The molecule has 1 aromatic carbocycles. The van der Waals surface area contributed by atoms with Crippen molar-refractivity contribution in [2.75, 3.05) is 19.8 Å². The fourth-order valence-electron chi connectivity index (χ4n) is 1.30. The highest BCUT2D eigenvalue weighted by Gasteiger charge is 2.00. The first-order chi connectivity index (χ1) is 7.26. The molecule has 0 fully saturated rings. The smallest absolute Gasteiger partial charge is 0.0786 e. The zero-order valence-corrected chi connectivity index (χ0v) is 10.0. The highest BCUT2D eigenvalue weighted by Crippen LogP contribution is 2.05. The molecule has 0 aliphatic heterocycles. The summed E-state index contributed by atoms with van der Waals surface area (Å²) in [6, 6.07) is 8.49. The molecule has 4 heteroatoms. The first-order valence-corrected chi connectivity index (χ1v) is 6.61. The van der Waals surface area contributed by atoms with Crippen LogP contribution in [0.4, 0.5) is 0 Å². The lowest BCUT2D eigenvalue weighted by Gasteiger charge is -2.09. The minimum Gasteiger partial charge on any atom is -0.390 e. The highest BCUT2D eigenvalue weighted by molar-refractivity contribution is 7.46. The molecule has 15 heavy (non-hydrogen) atoms. The predicted molar refractivity (Wildman–Crippen MR) is 67.1 cm³/mol. The van der Waals surface area contributed by atoms with Gasteiger partial charge in [-0.25, -0.2) is 0 Å². The van der Waals surface area contributed by atoms with E-state index in [9.17, 15) is 5.11 Å². The van der Waals surface area contributed by atoms with Crippen molar-refractivity contribution >= 4 is 13.9 Å². The number of hydrogen-bond acceptors (Lipinski definition) is 3. The fourth-order valence-corrected chi connectivity index (χ4v) is 1.90. The van der Waals surface area contributed by atoms with Crippen molar-refractivity contribution in [1.82, 2.24) is 5.32 Å². The number of aliphatic hydroxyl groups excluding tert-OH is 1. The van der Waals surface area contributed by atoms with Crippen LogP contribution in [0.1, 0.15) is 5.56 Å². The zero-order valence-electron chi connectivity index (χ0n) is 9.03. The van der Waals surface area contributed by atoms with Crippen molar-refractivity contribution in [2.45, 2.75) is 12.6 Å². The Balaban J connectivity index is 2.37. The molecule has 0 saturated carbocycles. The van der Waals surface area contributed by atoms with Gasteiger partial charge in [-0.2, -0.15) is 0 Å². The van der Waals surface area contributed by atoms with Gasteiger partial charge in [0.25, 0.3) is 0 Å². The number of aliphatic hydroxyl groups is 1. The molecular formula is C11H19N2OP. The molecule has 0 aliphatic rings. The summed E-state index contributed by atoms with van der Waals surface area (Å²) >= 11 is 0. The Morgan fingerprint density at radius 1 is 1.53 bits per heavy atom. The third-order valence-electron chi connectivity index (χ3n) is 2.20. The monoisotopic (exact) mass is 226 g/mol. The maximum absolute atomic E-state index is 9.25. The van der Waals surface area contributed by atoms with Crippen LogP contribution in [0.2, 0.25) is 0 Å². The number of hydrogen-bond donors (Lipinski definition) is 3. The van der Waals surface area contributed by atoms with Gasteiger partial charge in [-0.3, -0.25) is 0 Å². The lowest BCUT2D eigenvalue weighted by molar-refractivity contribution is 0.179. The van der Waals surface area contributed by atoms with E-state index in [0.29, 0.717) is 13.1 Å². The van der Waals surface area contributed by atoms with Crippen LogP contribution in [-0.4, -0.2) is 31.0 Å². The van der Waals surface area contributed by atoms with Gasteiger partial charge >= 0.3 is 0 Å². The molecule has 0 saturated heterocycles. The summed E-state index contributed by atoms with van der Waals surface area (Å²) in [5.74, 6) is 0. The molecule has 4 N–H and O–H groups in total. The van der Waals surface area contributed by atoms with Crippen molar-refractivity contribution < 1.29 is 5.11 Å². The Bertz CT molecular complexity index is 294. The van der Waals surface area contributed by atoms with Gasteiger partial charge in [-0.15, -0.1) is 0 Å². The topological polar surface area (TPSA) is 58.3 Å². The number of nitrogens with two attached hydrogens (primary N) is 1. The van der Waals surface area contributed by atoms with E-state index in [1.807, 2.05) is 0 Å². The van der Waals surface area contributed by atoms with Crippen molar-refractivity contribution in [3.05, 3.63) is 29.8 Å². The molecular weight excluding hydrogens is 207 g/mol. The van der Waals surface area contributed by atoms with Gasteiger partial charge < -0.3 is 16.2 Å². The highest BCUT2D eigenvalue weighted by atomic mass is 31.1. The summed E-state index contributed by atoms with van der Waals surface area (Å²) in [4.78, 5) is 0. The Morgan fingerprint density at radius 2 is 2.33 bits per heavy atom. The van der Waals surface area contributed by atoms with Crippen LogP contribution in [0.15, 0.2) is 24.3 Å². The van der Waals surface area contributed by atoms with E-state index in [4.69, 9.17) is 5.73 Å². The van der Waals surface area contributed by atoms with Crippen LogP contribution < -0.4 is 16.4 Å². The normalized spacial score (nSPS) is 13.5. The van der Waals surface area contributed by atoms with Crippen molar-refractivity contribution in [3.8, 4) is 0 Å². The van der Waals surface area contributed by atoms with E-state index in [1.165, 1.54) is 10.9 Å². The van der Waals surface area contributed by atoms with Crippen LogP contribution in [-0.2, 0) is 6.54 Å². The van der Waals surface area contributed by atoms with E-state index < -0.39 is 6.10 Å². The molecule has 0 aromatic heterocycles. The second kappa shape index (κ2) is 6.91. The molecule has 3 nitrogen and oxygen atoms in total. The molecule has 0 radical (unpaired) electrons. The number of benzene rings is 1. The molecule has 1 rings (SSSR count). The van der Waals surface area contributed by atoms with Gasteiger partial charge in [0.1, 0.15) is 0 Å². The van der Waals surface area contributed by atoms with Gasteiger partial charge in [0.2, 0.25) is 0 Å². The van der Waals surface area contributed by atoms with Gasteiger partial charge in [-0.05, 0) is 17.5 Å². The van der Waals surface area contributed by atoms with Crippen molar-refractivity contribution in [3.63, 3.8) is 0 Å². The maximum Gasteiger partial charge on any atom is 0.0786 e. The van der Waals surface area contributed by atoms with Gasteiger partial charge in [0.05, 0.1) is 6.10 Å². The Morgan fingerprint density at radius 3 is 3.00 bits per heavy atom. The zero-order chi connectivity index (χ0) is 11.1. The van der Waals surface area contributed by atoms with Crippen LogP contribution >= 0.6 is 8.58 Å². The van der Waals surface area contributed by atoms with Gasteiger partial charge in [0, 0.05) is 19.6 Å². The SMILES string of the molecule is CPc1cccc(CNCC(O)CN)c1. The van der Waals surface area contributed by atoms with E-state index >= 15 is 0 Å². The lowest BCUT2D eigenvalue weighted by atomic mass is 10.2. The molecule has 84 valence electrons. The summed E-state index contributed by atoms with van der Waals surface area (Å²) in [6.07, 6.45) is -0.443. The van der Waals surface area contributed by atoms with Gasteiger partial charge in [-0.1, -0.05) is 32.8 Å². The molecule has 0 bridgehead atoms. The van der Waals surface area contributed by atoms with E-state index in [1.54, 1.807) is 0 Å². The molecule has 0 amide bonds. The summed E-state index contributed by atoms with van der Waals surface area (Å²) in [5.41, 5.74) is 6.56. The Labute approximate surface area is 92.9 Å². The Kier molecular flexibility index (Phi) is 5.81. The average molecular weight is 226 g/mol. The predicted octanol–water partition coefficient (Wildman–Crippen LogP) is 0.0294. The van der Waals surface area contributed by atoms with Crippen molar-refractivity contribution in [1.29, 1.82) is 0 Å². The second-order valence-corrected chi connectivity index (χ2v) is 4.55. The standard InChI is InChI=1S/C11H19N2OP/c1-15-11-4-2-3-9(5-11)7-13-8-10(14)6-12/h2-5,10,13-15H,6-8,12H2,1H3. The molecule has 0 heterocycles. The van der Waals surface area contributed by atoms with Crippen LogP contribution in [0.5, 0.6) is 0 Å². The largest absolute Gasteiger partial charge is 0.390 e. The first kappa shape index (κ1) is 12.6. The average Bonchev–Trinajstić information content (AvgIpc) is 2.29. The van der Waals surface area contributed by atoms with E-state index in [0.717, 1.165) is 15.1 Å². The van der Waals surface area contributed by atoms with Gasteiger partial charge in [0.15, 0.2) is 0 Å². The second-order valence-electron chi connectivity index (χ2n) is 3.47. The number of nitrogens with one attached hydrogen (secondary N) is 1. The molecule has 2 unspecified atom stereocenters. The lowest BCUT2D eigenvalue weighted by Crippen LogP contribution is -2.32. The summed E-state index contributed by atoms with van der Waals surface area (Å²) in [5, 5.41) is 13.8. The maximum atomic E-state index is 9.25. The van der Waals surface area contributed by atoms with Crippen LogP contribution in [0, 0.1) is 0 Å². The van der Waals surface area contributed by atoms with Crippen molar-refractivity contribution in [2.24, 2.45) is 5.73 Å². The first-order valence-electron chi connectivity index (χ1n) is 5.11. The molecule has 0 spiro atoms. The molecule has 0 aliphatic carbocycles. The van der Waals surface area contributed by atoms with Crippen LogP contribution in [0.25, 0.3) is 0 Å². The number of rotatable bonds is 6. The van der Waals surface area contributed by atoms with E-state index in [-0.39, 0.29) is 0 Å². The minimum absolute atomic E-state index is 0.309. The molecule has 1 aromatic rings. The quantitative estimate of drug-likeness (QED) is 0.600. The molecule has 2 atom stereocenters. The third-order valence-corrected chi connectivity index (χ3v) is 3.09.